The van der Waals surface area contributed by atoms with E-state index in [9.17, 15) is 4.79 Å². The fourth-order valence-electron chi connectivity index (χ4n) is 3.79. The Hall–Kier alpha value is -1.90. The molecule has 28 heavy (non-hydrogen) atoms. The van der Waals surface area contributed by atoms with E-state index < -0.39 is 0 Å². The first-order valence-corrected chi connectivity index (χ1v) is 9.73. The van der Waals surface area contributed by atoms with E-state index in [0.717, 1.165) is 49.6 Å². The molecule has 2 atom stereocenters. The predicted molar refractivity (Wildman–Crippen MR) is 105 cm³/mol. The molecule has 154 valence electrons. The number of aromatic nitrogens is 3. The molecular formula is C19H28ClN5O3. The van der Waals surface area contributed by atoms with Crippen LogP contribution in [0.5, 0.6) is 0 Å². The minimum Gasteiger partial charge on any atom is -0.379 e. The van der Waals surface area contributed by atoms with Crippen molar-refractivity contribution in [2.75, 3.05) is 19.8 Å². The summed E-state index contributed by atoms with van der Waals surface area (Å²) in [5.41, 5.74) is 3.06. The van der Waals surface area contributed by atoms with Crippen molar-refractivity contribution in [3.8, 4) is 0 Å². The fourth-order valence-corrected chi connectivity index (χ4v) is 3.79. The van der Waals surface area contributed by atoms with Crippen LogP contribution in [0.25, 0.3) is 0 Å². The Morgan fingerprint density at radius 1 is 1.39 bits per heavy atom. The summed E-state index contributed by atoms with van der Waals surface area (Å²) in [7, 11) is 0. The van der Waals surface area contributed by atoms with Gasteiger partial charge < -0.3 is 19.9 Å². The van der Waals surface area contributed by atoms with E-state index in [0.29, 0.717) is 26.1 Å². The zero-order valence-corrected chi connectivity index (χ0v) is 17.0. The van der Waals surface area contributed by atoms with Crippen LogP contribution in [-0.2, 0) is 35.5 Å². The van der Waals surface area contributed by atoms with E-state index in [1.54, 1.807) is 0 Å². The summed E-state index contributed by atoms with van der Waals surface area (Å²) in [6, 6.07) is 4.07. The summed E-state index contributed by atoms with van der Waals surface area (Å²) in [6.45, 7) is 5.90. The van der Waals surface area contributed by atoms with Crippen LogP contribution in [0.2, 0.25) is 0 Å². The van der Waals surface area contributed by atoms with Crippen molar-refractivity contribution in [1.29, 1.82) is 0 Å². The lowest BCUT2D eigenvalue weighted by atomic mass is 9.98. The van der Waals surface area contributed by atoms with Crippen molar-refractivity contribution in [2.24, 2.45) is 5.92 Å². The van der Waals surface area contributed by atoms with Gasteiger partial charge in [0.15, 0.2) is 0 Å². The van der Waals surface area contributed by atoms with E-state index in [2.05, 4.69) is 31.6 Å². The molecule has 0 aromatic carbocycles. The number of nitrogens with one attached hydrogen (secondary N) is 2. The Morgan fingerprint density at radius 3 is 3.11 bits per heavy atom. The lowest BCUT2D eigenvalue weighted by Gasteiger charge is -2.17. The van der Waals surface area contributed by atoms with Crippen LogP contribution in [0.3, 0.4) is 0 Å². The first-order valence-electron chi connectivity index (χ1n) is 9.73. The minimum absolute atomic E-state index is 0. The fraction of sp³-hybridized carbons (Fsp3) is 0.632. The predicted octanol–water partition coefficient (Wildman–Crippen LogP) is 1.40. The van der Waals surface area contributed by atoms with Crippen molar-refractivity contribution in [3.63, 3.8) is 0 Å². The molecule has 1 fully saturated rings. The average molecular weight is 410 g/mol. The number of ether oxygens (including phenoxy) is 1. The molecule has 0 radical (unpaired) electrons. The monoisotopic (exact) mass is 409 g/mol. The van der Waals surface area contributed by atoms with E-state index >= 15 is 0 Å². The Morgan fingerprint density at radius 2 is 2.29 bits per heavy atom. The molecule has 2 aromatic rings. The number of aryl methyl sites for hydroxylation is 3. The maximum Gasteiger partial charge on any atom is 0.220 e. The lowest BCUT2D eigenvalue weighted by molar-refractivity contribution is -0.122. The molecule has 8 nitrogen and oxygen atoms in total. The van der Waals surface area contributed by atoms with Crippen molar-refractivity contribution < 1.29 is 14.1 Å². The number of nitrogens with zero attached hydrogens (tertiary/aromatic N) is 3. The summed E-state index contributed by atoms with van der Waals surface area (Å²) >= 11 is 0. The quantitative estimate of drug-likeness (QED) is 0.749. The Balaban J connectivity index is 0.00000225. The molecular weight excluding hydrogens is 382 g/mol. The van der Waals surface area contributed by atoms with Crippen LogP contribution in [0, 0.1) is 12.8 Å². The van der Waals surface area contributed by atoms with Crippen LogP contribution in [0.4, 0.5) is 0 Å². The van der Waals surface area contributed by atoms with Gasteiger partial charge in [-0.2, -0.15) is 5.10 Å². The first-order chi connectivity index (χ1) is 13.2. The van der Waals surface area contributed by atoms with Crippen LogP contribution in [-0.4, -0.2) is 46.6 Å². The van der Waals surface area contributed by atoms with Crippen LogP contribution >= 0.6 is 12.4 Å². The second-order valence-electron chi connectivity index (χ2n) is 7.49. The van der Waals surface area contributed by atoms with Gasteiger partial charge in [0.1, 0.15) is 5.76 Å². The highest BCUT2D eigenvalue weighted by atomic mass is 35.5. The standard InChI is InChI=1S/C19H27N5O3.ClH/c1-13-7-17(27-23-13)8-14-11-26-12-18(14)21-19(25)4-3-15-9-16-10-20-5-2-6-24(16)22-15;/h7,9,14,18,20H,2-6,8,10-12H2,1H3,(H,21,25);1H/t14-,18+;/m1./s1. The molecule has 0 saturated carbocycles. The molecule has 2 N–H and O–H groups in total. The zero-order valence-electron chi connectivity index (χ0n) is 16.1. The third kappa shape index (κ3) is 5.12. The molecule has 2 aliphatic rings. The smallest absolute Gasteiger partial charge is 0.220 e. The molecule has 9 heteroatoms. The van der Waals surface area contributed by atoms with Gasteiger partial charge in [0.05, 0.1) is 36.3 Å². The van der Waals surface area contributed by atoms with E-state index in [4.69, 9.17) is 9.26 Å². The largest absolute Gasteiger partial charge is 0.379 e. The topological polar surface area (TPSA) is 94.2 Å². The number of hydrogen-bond acceptors (Lipinski definition) is 6. The zero-order chi connectivity index (χ0) is 18.6. The highest BCUT2D eigenvalue weighted by molar-refractivity contribution is 5.85. The van der Waals surface area contributed by atoms with Gasteiger partial charge >= 0.3 is 0 Å². The number of halogens is 1. The maximum absolute atomic E-state index is 12.4. The summed E-state index contributed by atoms with van der Waals surface area (Å²) in [5, 5.41) is 15.1. The second kappa shape index (κ2) is 9.54. The summed E-state index contributed by atoms with van der Waals surface area (Å²) in [6.07, 6.45) is 2.91. The summed E-state index contributed by atoms with van der Waals surface area (Å²) in [5.74, 6) is 1.11. The van der Waals surface area contributed by atoms with E-state index in [1.807, 2.05) is 13.0 Å². The maximum atomic E-state index is 12.4. The molecule has 1 saturated heterocycles. The molecule has 4 heterocycles. The Kier molecular flexibility index (Phi) is 7.09. The van der Waals surface area contributed by atoms with Gasteiger partial charge in [0, 0.05) is 44.3 Å². The molecule has 0 aliphatic carbocycles. The van der Waals surface area contributed by atoms with Crippen LogP contribution < -0.4 is 10.6 Å². The first kappa shape index (κ1) is 20.8. The van der Waals surface area contributed by atoms with Crippen molar-refractivity contribution in [3.05, 3.63) is 35.0 Å². The van der Waals surface area contributed by atoms with E-state index in [1.165, 1.54) is 5.69 Å². The highest BCUT2D eigenvalue weighted by Gasteiger charge is 2.30. The molecule has 0 spiro atoms. The molecule has 0 unspecified atom stereocenters. The number of hydrogen-bond donors (Lipinski definition) is 2. The molecule has 2 aliphatic heterocycles. The summed E-state index contributed by atoms with van der Waals surface area (Å²) in [4.78, 5) is 12.4. The van der Waals surface area contributed by atoms with Gasteiger partial charge in [0.2, 0.25) is 5.91 Å². The average Bonchev–Trinajstić information content (AvgIpc) is 3.32. The molecule has 4 rings (SSSR count). The number of amides is 1. The molecule has 0 bridgehead atoms. The highest BCUT2D eigenvalue weighted by Crippen LogP contribution is 2.20. The van der Waals surface area contributed by atoms with Gasteiger partial charge in [-0.3, -0.25) is 9.48 Å². The minimum atomic E-state index is 0. The molecule has 1 amide bonds. The number of fused-ring (bicyclic) bond motifs is 1. The number of carbonyl (C=O) groups excluding carboxylic acids is 1. The molecule has 2 aromatic heterocycles. The number of rotatable bonds is 6. The Labute approximate surface area is 170 Å². The Bertz CT molecular complexity index is 767. The van der Waals surface area contributed by atoms with Crippen molar-refractivity contribution in [2.45, 2.75) is 51.7 Å². The van der Waals surface area contributed by atoms with Crippen molar-refractivity contribution in [1.82, 2.24) is 25.6 Å². The van der Waals surface area contributed by atoms with Crippen LogP contribution in [0.1, 0.15) is 35.7 Å². The number of carbonyl (C=O) groups is 1. The van der Waals surface area contributed by atoms with Crippen LogP contribution in [0.15, 0.2) is 16.7 Å². The normalized spacial score (nSPS) is 21.6. The van der Waals surface area contributed by atoms with Gasteiger partial charge in [-0.25, -0.2) is 0 Å². The SMILES string of the molecule is Cc1cc(C[C@@H]2COC[C@@H]2NC(=O)CCc2cc3n(n2)CCCNC3)on1.Cl. The van der Waals surface area contributed by atoms with Crippen molar-refractivity contribution >= 4 is 18.3 Å². The van der Waals surface area contributed by atoms with Gasteiger partial charge in [0.25, 0.3) is 0 Å². The lowest BCUT2D eigenvalue weighted by Crippen LogP contribution is -2.40. The van der Waals surface area contributed by atoms with Gasteiger partial charge in [-0.1, -0.05) is 5.16 Å². The summed E-state index contributed by atoms with van der Waals surface area (Å²) < 4.78 is 12.9. The van der Waals surface area contributed by atoms with Gasteiger partial charge in [-0.15, -0.1) is 12.4 Å². The van der Waals surface area contributed by atoms with E-state index in [-0.39, 0.29) is 30.3 Å². The third-order valence-electron chi connectivity index (χ3n) is 5.24. The third-order valence-corrected chi connectivity index (χ3v) is 5.24. The second-order valence-corrected chi connectivity index (χ2v) is 7.49. The van der Waals surface area contributed by atoms with Gasteiger partial charge in [-0.05, 0) is 26.0 Å².